The lowest BCUT2D eigenvalue weighted by atomic mass is 10.2. The van der Waals surface area contributed by atoms with Crippen LogP contribution in [-0.4, -0.2) is 35.7 Å². The van der Waals surface area contributed by atoms with E-state index in [1.807, 2.05) is 0 Å². The Morgan fingerprint density at radius 2 is 1.94 bits per heavy atom. The van der Waals surface area contributed by atoms with E-state index in [4.69, 9.17) is 28.3 Å². The molecule has 4 nitrogen and oxygen atoms in total. The average molecular weight is 291 g/mol. The van der Waals surface area contributed by atoms with E-state index in [2.05, 4.69) is 5.32 Å². The number of anilines is 1. The molecule has 2 N–H and O–H groups in total. The maximum Gasteiger partial charge on any atom is 0.321 e. The minimum atomic E-state index is -0.326. The van der Waals surface area contributed by atoms with Crippen LogP contribution < -0.4 is 5.32 Å². The van der Waals surface area contributed by atoms with Gasteiger partial charge in [0.15, 0.2) is 0 Å². The highest BCUT2D eigenvalue weighted by Gasteiger charge is 2.15. The van der Waals surface area contributed by atoms with E-state index in [0.717, 1.165) is 5.56 Å². The van der Waals surface area contributed by atoms with Crippen LogP contribution in [0.5, 0.6) is 0 Å². The van der Waals surface area contributed by atoms with Crippen molar-refractivity contribution in [3.8, 4) is 0 Å². The number of benzene rings is 1. The van der Waals surface area contributed by atoms with E-state index < -0.39 is 0 Å². The summed E-state index contributed by atoms with van der Waals surface area (Å²) in [6.07, 6.45) is 0. The van der Waals surface area contributed by atoms with Crippen LogP contribution in [0.3, 0.4) is 0 Å². The van der Waals surface area contributed by atoms with Crippen molar-refractivity contribution in [2.24, 2.45) is 0 Å². The fourth-order valence-corrected chi connectivity index (χ4v) is 1.74. The molecule has 0 fully saturated rings. The van der Waals surface area contributed by atoms with E-state index in [1.54, 1.807) is 33.0 Å². The number of halogens is 2. The molecule has 0 saturated heterocycles. The quantitative estimate of drug-likeness (QED) is 0.899. The van der Waals surface area contributed by atoms with E-state index in [9.17, 15) is 4.79 Å². The molecule has 1 aromatic carbocycles. The molecule has 2 amide bonds. The lowest BCUT2D eigenvalue weighted by Gasteiger charge is -2.23. The van der Waals surface area contributed by atoms with Crippen molar-refractivity contribution < 1.29 is 9.90 Å². The summed E-state index contributed by atoms with van der Waals surface area (Å²) < 4.78 is 0. The zero-order valence-corrected chi connectivity index (χ0v) is 12.0. The maximum atomic E-state index is 11.8. The van der Waals surface area contributed by atoms with Crippen molar-refractivity contribution >= 4 is 34.9 Å². The van der Waals surface area contributed by atoms with Gasteiger partial charge in [-0.2, -0.15) is 0 Å². The standard InChI is InChI=1S/C12H16Cl2N2O2/c1-7(6-17)16(3)12(18)15-9-4-10(13)8(2)11(14)5-9/h4-5,7,17H,6H2,1-3H3,(H,15,18). The van der Waals surface area contributed by atoms with Crippen molar-refractivity contribution in [2.45, 2.75) is 19.9 Å². The van der Waals surface area contributed by atoms with E-state index in [-0.39, 0.29) is 18.7 Å². The van der Waals surface area contributed by atoms with Gasteiger partial charge in [-0.25, -0.2) is 4.79 Å². The van der Waals surface area contributed by atoms with Crippen LogP contribution in [0.25, 0.3) is 0 Å². The molecule has 100 valence electrons. The summed E-state index contributed by atoms with van der Waals surface area (Å²) >= 11 is 12.0. The topological polar surface area (TPSA) is 52.6 Å². The minimum absolute atomic E-state index is 0.0979. The number of urea groups is 1. The second-order valence-corrected chi connectivity index (χ2v) is 4.95. The third-order valence-electron chi connectivity index (χ3n) is 2.78. The normalized spacial score (nSPS) is 12.1. The number of likely N-dealkylation sites (N-methyl/N-ethyl adjacent to an activating group) is 1. The Labute approximate surface area is 116 Å². The zero-order chi connectivity index (χ0) is 13.9. The third kappa shape index (κ3) is 3.51. The molecule has 0 radical (unpaired) electrons. The van der Waals surface area contributed by atoms with Crippen LogP contribution in [0.2, 0.25) is 10.0 Å². The van der Waals surface area contributed by atoms with Gasteiger partial charge in [0.2, 0.25) is 0 Å². The Bertz CT molecular complexity index is 429. The highest BCUT2D eigenvalue weighted by Crippen LogP contribution is 2.28. The molecule has 1 aromatic rings. The molecular weight excluding hydrogens is 275 g/mol. The second kappa shape index (κ2) is 6.27. The maximum absolute atomic E-state index is 11.8. The van der Waals surface area contributed by atoms with Crippen LogP contribution in [0.15, 0.2) is 12.1 Å². The fourth-order valence-electron chi connectivity index (χ4n) is 1.25. The number of amides is 2. The van der Waals surface area contributed by atoms with Crippen molar-refractivity contribution in [1.82, 2.24) is 4.90 Å². The predicted molar refractivity (Wildman–Crippen MR) is 74.5 cm³/mol. The SMILES string of the molecule is Cc1c(Cl)cc(NC(=O)N(C)C(C)CO)cc1Cl. The molecule has 18 heavy (non-hydrogen) atoms. The Hall–Kier alpha value is -0.970. The van der Waals surface area contributed by atoms with Gasteiger partial charge >= 0.3 is 6.03 Å². The molecule has 0 heterocycles. The molecule has 1 rings (SSSR count). The van der Waals surface area contributed by atoms with Crippen LogP contribution in [0.1, 0.15) is 12.5 Å². The van der Waals surface area contributed by atoms with Crippen molar-refractivity contribution in [1.29, 1.82) is 0 Å². The monoisotopic (exact) mass is 290 g/mol. The van der Waals surface area contributed by atoms with Crippen LogP contribution >= 0.6 is 23.2 Å². The summed E-state index contributed by atoms with van der Waals surface area (Å²) in [6, 6.07) is 2.69. The number of nitrogens with one attached hydrogen (secondary N) is 1. The van der Waals surface area contributed by atoms with Crippen molar-refractivity contribution in [2.75, 3.05) is 19.0 Å². The molecule has 0 spiro atoms. The Morgan fingerprint density at radius 3 is 2.39 bits per heavy atom. The molecule has 0 aliphatic carbocycles. The molecule has 0 bridgehead atoms. The van der Waals surface area contributed by atoms with Gasteiger partial charge in [0.25, 0.3) is 0 Å². The number of carbonyl (C=O) groups excluding carboxylic acids is 1. The Balaban J connectivity index is 2.82. The van der Waals surface area contributed by atoms with Gasteiger partial charge in [-0.1, -0.05) is 23.2 Å². The third-order valence-corrected chi connectivity index (χ3v) is 3.56. The van der Waals surface area contributed by atoms with E-state index >= 15 is 0 Å². The molecule has 0 aliphatic heterocycles. The largest absolute Gasteiger partial charge is 0.394 e. The highest BCUT2D eigenvalue weighted by molar-refractivity contribution is 6.36. The smallest absolute Gasteiger partial charge is 0.321 e. The molecule has 0 aliphatic rings. The van der Waals surface area contributed by atoms with Crippen LogP contribution in [0.4, 0.5) is 10.5 Å². The minimum Gasteiger partial charge on any atom is -0.394 e. The Morgan fingerprint density at radius 1 is 1.44 bits per heavy atom. The van der Waals surface area contributed by atoms with Gasteiger partial charge in [-0.15, -0.1) is 0 Å². The summed E-state index contributed by atoms with van der Waals surface area (Å²) in [7, 11) is 1.60. The zero-order valence-electron chi connectivity index (χ0n) is 10.5. The fraction of sp³-hybridized carbons (Fsp3) is 0.417. The lowest BCUT2D eigenvalue weighted by Crippen LogP contribution is -2.40. The first kappa shape index (κ1) is 15.1. The molecule has 1 atom stereocenters. The second-order valence-electron chi connectivity index (χ2n) is 4.14. The molecular formula is C12H16Cl2N2O2. The molecule has 0 aromatic heterocycles. The van der Waals surface area contributed by atoms with Gasteiger partial charge in [0.1, 0.15) is 0 Å². The van der Waals surface area contributed by atoms with Gasteiger partial charge in [0.05, 0.1) is 12.6 Å². The first-order valence-electron chi connectivity index (χ1n) is 5.47. The molecule has 0 saturated carbocycles. The van der Waals surface area contributed by atoms with Gasteiger partial charge in [-0.05, 0) is 31.5 Å². The summed E-state index contributed by atoms with van der Waals surface area (Å²) in [5, 5.41) is 12.6. The first-order chi connectivity index (χ1) is 8.36. The molecule has 6 heteroatoms. The van der Waals surface area contributed by atoms with Crippen LogP contribution in [0, 0.1) is 6.92 Å². The van der Waals surface area contributed by atoms with Gasteiger partial charge < -0.3 is 15.3 Å². The van der Waals surface area contributed by atoms with E-state index in [0.29, 0.717) is 15.7 Å². The number of rotatable bonds is 3. The Kier molecular flexibility index (Phi) is 5.26. The average Bonchev–Trinajstić information content (AvgIpc) is 2.33. The number of hydrogen-bond acceptors (Lipinski definition) is 2. The highest BCUT2D eigenvalue weighted by atomic mass is 35.5. The van der Waals surface area contributed by atoms with Crippen molar-refractivity contribution in [3.63, 3.8) is 0 Å². The van der Waals surface area contributed by atoms with Gasteiger partial charge in [-0.3, -0.25) is 0 Å². The number of hydrogen-bond donors (Lipinski definition) is 2. The summed E-state index contributed by atoms with van der Waals surface area (Å²) in [5.74, 6) is 0. The van der Waals surface area contributed by atoms with Crippen LogP contribution in [-0.2, 0) is 0 Å². The number of aliphatic hydroxyl groups excluding tert-OH is 1. The summed E-state index contributed by atoms with van der Waals surface area (Å²) in [6.45, 7) is 3.45. The first-order valence-corrected chi connectivity index (χ1v) is 6.22. The van der Waals surface area contributed by atoms with Gasteiger partial charge in [0, 0.05) is 22.8 Å². The number of nitrogens with zero attached hydrogens (tertiary/aromatic N) is 1. The predicted octanol–water partition coefficient (Wildman–Crippen LogP) is 3.15. The summed E-state index contributed by atoms with van der Waals surface area (Å²) in [5.41, 5.74) is 1.30. The number of aliphatic hydroxyl groups is 1. The van der Waals surface area contributed by atoms with Crippen molar-refractivity contribution in [3.05, 3.63) is 27.7 Å². The number of carbonyl (C=O) groups is 1. The molecule has 1 unspecified atom stereocenters. The summed E-state index contributed by atoms with van der Waals surface area (Å²) in [4.78, 5) is 13.2. The van der Waals surface area contributed by atoms with E-state index in [1.165, 1.54) is 4.90 Å². The lowest BCUT2D eigenvalue weighted by molar-refractivity contribution is 0.166.